The summed E-state index contributed by atoms with van der Waals surface area (Å²) in [5.41, 5.74) is -0.157. The van der Waals surface area contributed by atoms with Crippen molar-refractivity contribution in [3.8, 4) is 0 Å². The van der Waals surface area contributed by atoms with Gasteiger partial charge in [-0.2, -0.15) is 0 Å². The van der Waals surface area contributed by atoms with Gasteiger partial charge in [0, 0.05) is 18.7 Å². The van der Waals surface area contributed by atoms with Gasteiger partial charge in [0.1, 0.15) is 5.82 Å². The van der Waals surface area contributed by atoms with E-state index in [4.69, 9.17) is 0 Å². The number of halogens is 1. The van der Waals surface area contributed by atoms with E-state index in [1.807, 2.05) is 6.07 Å². The molecule has 144 valence electrons. The van der Waals surface area contributed by atoms with E-state index in [-0.39, 0.29) is 24.4 Å². The van der Waals surface area contributed by atoms with Gasteiger partial charge in [0.2, 0.25) is 0 Å². The highest BCUT2D eigenvalue weighted by Gasteiger charge is 2.30. The Bertz CT molecular complexity index is 598. The predicted molar refractivity (Wildman–Crippen MR) is 99.4 cm³/mol. The molecule has 2 aliphatic rings. The molecule has 2 amide bonds. The fraction of sp³-hybridized carbons (Fsp3) is 0.650. The third-order valence-electron chi connectivity index (χ3n) is 5.66. The number of nitrogens with one attached hydrogen (secondary N) is 2. The Balaban J connectivity index is 1.55. The van der Waals surface area contributed by atoms with Crippen molar-refractivity contribution in [1.29, 1.82) is 0 Å². The number of benzene rings is 1. The first kappa shape index (κ1) is 19.1. The number of amides is 2. The van der Waals surface area contributed by atoms with Crippen molar-refractivity contribution in [3.63, 3.8) is 0 Å². The quantitative estimate of drug-likeness (QED) is 0.728. The Kier molecular flexibility index (Phi) is 6.48. The van der Waals surface area contributed by atoms with E-state index >= 15 is 0 Å². The summed E-state index contributed by atoms with van der Waals surface area (Å²) in [6.45, 7) is 2.46. The van der Waals surface area contributed by atoms with Crippen LogP contribution >= 0.6 is 0 Å². The Morgan fingerprint density at radius 2 is 1.81 bits per heavy atom. The van der Waals surface area contributed by atoms with Crippen LogP contribution < -0.4 is 10.6 Å². The molecule has 2 fully saturated rings. The third-order valence-corrected chi connectivity index (χ3v) is 5.66. The molecule has 1 unspecified atom stereocenters. The molecule has 3 N–H and O–H groups in total. The number of aliphatic hydroxyl groups is 1. The maximum Gasteiger partial charge on any atom is 0.314 e. The van der Waals surface area contributed by atoms with Crippen LogP contribution in [0.3, 0.4) is 0 Å². The van der Waals surface area contributed by atoms with Gasteiger partial charge in [-0.25, -0.2) is 9.18 Å². The highest BCUT2D eigenvalue weighted by atomic mass is 19.1. The summed E-state index contributed by atoms with van der Waals surface area (Å²) >= 11 is 0. The summed E-state index contributed by atoms with van der Waals surface area (Å²) in [4.78, 5) is 14.4. The summed E-state index contributed by atoms with van der Waals surface area (Å²) in [7, 11) is 0. The zero-order chi connectivity index (χ0) is 18.4. The Labute approximate surface area is 155 Å². The Morgan fingerprint density at radius 1 is 1.12 bits per heavy atom. The van der Waals surface area contributed by atoms with Crippen molar-refractivity contribution in [2.45, 2.75) is 56.6 Å². The average molecular weight is 363 g/mol. The average Bonchev–Trinajstić information content (AvgIpc) is 3.17. The van der Waals surface area contributed by atoms with Crippen LogP contribution in [0.25, 0.3) is 0 Å². The van der Waals surface area contributed by atoms with Crippen LogP contribution in [-0.4, -0.2) is 47.8 Å². The summed E-state index contributed by atoms with van der Waals surface area (Å²) in [5.74, 6) is -0.233. The molecule has 1 saturated heterocycles. The first-order valence-electron chi connectivity index (χ1n) is 9.80. The molecule has 1 saturated carbocycles. The number of hydrogen-bond donors (Lipinski definition) is 3. The first-order chi connectivity index (χ1) is 12.6. The number of carbonyl (C=O) groups is 1. The van der Waals surface area contributed by atoms with E-state index in [9.17, 15) is 14.3 Å². The summed E-state index contributed by atoms with van der Waals surface area (Å²) in [6, 6.07) is 6.32. The Morgan fingerprint density at radius 3 is 2.50 bits per heavy atom. The molecule has 0 aromatic heterocycles. The molecule has 1 aromatic rings. The van der Waals surface area contributed by atoms with Crippen LogP contribution in [0.5, 0.6) is 0 Å². The second-order valence-electron chi connectivity index (χ2n) is 7.63. The molecular formula is C20H30FN3O2. The molecule has 1 heterocycles. The fourth-order valence-electron chi connectivity index (χ4n) is 4.12. The van der Waals surface area contributed by atoms with E-state index < -0.39 is 5.60 Å². The molecule has 6 heteroatoms. The van der Waals surface area contributed by atoms with Gasteiger partial charge in [-0.3, -0.25) is 4.90 Å². The number of nitrogens with zero attached hydrogens (tertiary/aromatic N) is 1. The maximum absolute atomic E-state index is 14.3. The van der Waals surface area contributed by atoms with E-state index in [0.717, 1.165) is 58.0 Å². The molecule has 5 nitrogen and oxygen atoms in total. The van der Waals surface area contributed by atoms with E-state index in [2.05, 4.69) is 15.5 Å². The van der Waals surface area contributed by atoms with Crippen molar-refractivity contribution >= 4 is 6.03 Å². The van der Waals surface area contributed by atoms with Gasteiger partial charge in [0.25, 0.3) is 0 Å². The van der Waals surface area contributed by atoms with Gasteiger partial charge >= 0.3 is 6.03 Å². The van der Waals surface area contributed by atoms with Crippen LogP contribution in [0.15, 0.2) is 24.3 Å². The van der Waals surface area contributed by atoms with Gasteiger partial charge in [0.15, 0.2) is 0 Å². The molecule has 1 aromatic carbocycles. The van der Waals surface area contributed by atoms with E-state index in [0.29, 0.717) is 12.1 Å². The number of urea groups is 1. The SMILES string of the molecule is O=C(NCC(c1ccccc1F)N1CCCC1)NCC1(O)CCCCC1. The first-order valence-corrected chi connectivity index (χ1v) is 9.80. The molecule has 0 spiro atoms. The van der Waals surface area contributed by atoms with E-state index in [1.54, 1.807) is 12.1 Å². The van der Waals surface area contributed by atoms with Crippen molar-refractivity contribution in [2.75, 3.05) is 26.2 Å². The Hall–Kier alpha value is -1.66. The van der Waals surface area contributed by atoms with Crippen LogP contribution in [0.1, 0.15) is 56.6 Å². The third kappa shape index (κ3) is 4.95. The van der Waals surface area contributed by atoms with Gasteiger partial charge in [-0.1, -0.05) is 37.5 Å². The van der Waals surface area contributed by atoms with Gasteiger partial charge in [-0.05, 0) is 44.8 Å². The predicted octanol–water partition coefficient (Wildman–Crippen LogP) is 2.96. The summed E-state index contributed by atoms with van der Waals surface area (Å²) in [5, 5.41) is 16.1. The van der Waals surface area contributed by atoms with Crippen molar-refractivity contribution in [2.24, 2.45) is 0 Å². The minimum absolute atomic E-state index is 0.165. The summed E-state index contributed by atoms with van der Waals surface area (Å²) < 4.78 is 14.3. The van der Waals surface area contributed by atoms with Crippen LogP contribution in [0.2, 0.25) is 0 Å². The number of likely N-dealkylation sites (tertiary alicyclic amines) is 1. The molecule has 0 bridgehead atoms. The minimum atomic E-state index is -0.782. The van der Waals surface area contributed by atoms with Gasteiger partial charge in [0.05, 0.1) is 11.6 Å². The lowest BCUT2D eigenvalue weighted by atomic mass is 9.85. The molecular weight excluding hydrogens is 333 g/mol. The van der Waals surface area contributed by atoms with Crippen molar-refractivity contribution < 1.29 is 14.3 Å². The maximum atomic E-state index is 14.3. The lowest BCUT2D eigenvalue weighted by molar-refractivity contribution is 0.00716. The second-order valence-corrected chi connectivity index (χ2v) is 7.63. The molecule has 26 heavy (non-hydrogen) atoms. The van der Waals surface area contributed by atoms with Crippen molar-refractivity contribution in [3.05, 3.63) is 35.6 Å². The van der Waals surface area contributed by atoms with Crippen LogP contribution in [0.4, 0.5) is 9.18 Å². The van der Waals surface area contributed by atoms with Crippen LogP contribution in [-0.2, 0) is 0 Å². The largest absolute Gasteiger partial charge is 0.388 e. The lowest BCUT2D eigenvalue weighted by Crippen LogP contribution is -2.48. The monoisotopic (exact) mass is 363 g/mol. The highest BCUT2D eigenvalue weighted by Crippen LogP contribution is 2.28. The molecule has 1 aliphatic carbocycles. The molecule has 1 aliphatic heterocycles. The summed E-state index contributed by atoms with van der Waals surface area (Å²) in [6.07, 6.45) is 6.83. The fourth-order valence-corrected chi connectivity index (χ4v) is 4.12. The molecule has 0 radical (unpaired) electrons. The zero-order valence-electron chi connectivity index (χ0n) is 15.3. The van der Waals surface area contributed by atoms with E-state index in [1.165, 1.54) is 6.07 Å². The molecule has 1 atom stereocenters. The van der Waals surface area contributed by atoms with Crippen molar-refractivity contribution in [1.82, 2.24) is 15.5 Å². The smallest absolute Gasteiger partial charge is 0.314 e. The van der Waals surface area contributed by atoms with Gasteiger partial charge in [-0.15, -0.1) is 0 Å². The highest BCUT2D eigenvalue weighted by molar-refractivity contribution is 5.74. The molecule has 3 rings (SSSR count). The minimum Gasteiger partial charge on any atom is -0.388 e. The lowest BCUT2D eigenvalue weighted by Gasteiger charge is -2.32. The zero-order valence-corrected chi connectivity index (χ0v) is 15.3. The number of hydrogen-bond acceptors (Lipinski definition) is 3. The number of carbonyl (C=O) groups excluding carboxylic acids is 1. The van der Waals surface area contributed by atoms with Gasteiger partial charge < -0.3 is 15.7 Å². The number of rotatable bonds is 6. The normalized spacial score (nSPS) is 21.3. The second kappa shape index (κ2) is 8.82. The van der Waals surface area contributed by atoms with Crippen LogP contribution in [0, 0.1) is 5.82 Å². The topological polar surface area (TPSA) is 64.6 Å². The standard InChI is InChI=1S/C20H30FN3O2/c21-17-9-3-2-8-16(17)18(24-12-6-7-13-24)14-22-19(25)23-15-20(26)10-4-1-5-11-20/h2-3,8-9,18,26H,1,4-7,10-15H2,(H2,22,23,25).